The summed E-state index contributed by atoms with van der Waals surface area (Å²) in [6.07, 6.45) is 0. The van der Waals surface area contributed by atoms with E-state index in [0.29, 0.717) is 6.04 Å². The lowest BCUT2D eigenvalue weighted by atomic mass is 10.0. The lowest BCUT2D eigenvalue weighted by Gasteiger charge is -2.19. The van der Waals surface area contributed by atoms with Gasteiger partial charge in [0.25, 0.3) is 0 Å². The Bertz CT molecular complexity index is 340. The Morgan fingerprint density at radius 3 is 2.65 bits per heavy atom. The average molecular weight is 236 g/mol. The highest BCUT2D eigenvalue weighted by atomic mass is 16.5. The molecule has 3 heteroatoms. The van der Waals surface area contributed by atoms with Crippen LogP contribution in [0.2, 0.25) is 0 Å². The molecule has 1 aromatic heterocycles. The summed E-state index contributed by atoms with van der Waals surface area (Å²) >= 11 is 0. The summed E-state index contributed by atoms with van der Waals surface area (Å²) in [5, 5.41) is 3.47. The molecule has 0 fully saturated rings. The van der Waals surface area contributed by atoms with E-state index in [1.807, 2.05) is 13.8 Å². The fraction of sp³-hybridized carbons (Fsp3) is 0.643. The van der Waals surface area contributed by atoms with Crippen molar-refractivity contribution in [3.63, 3.8) is 0 Å². The average Bonchev–Trinajstić information content (AvgIpc) is 2.23. The van der Waals surface area contributed by atoms with Gasteiger partial charge in [0.1, 0.15) is 0 Å². The second kappa shape index (κ2) is 6.72. The molecule has 96 valence electrons. The number of hydrogen-bond donors (Lipinski definition) is 1. The summed E-state index contributed by atoms with van der Waals surface area (Å²) in [4.78, 5) is 4.53. The van der Waals surface area contributed by atoms with Crippen LogP contribution in [0.25, 0.3) is 0 Å². The lowest BCUT2D eigenvalue weighted by Crippen LogP contribution is -2.24. The molecule has 1 rings (SSSR count). The zero-order valence-corrected chi connectivity index (χ0v) is 11.6. The molecule has 0 saturated heterocycles. The van der Waals surface area contributed by atoms with E-state index in [4.69, 9.17) is 4.74 Å². The lowest BCUT2D eigenvalue weighted by molar-refractivity contribution is 0.147. The van der Waals surface area contributed by atoms with Crippen molar-refractivity contribution in [2.45, 2.75) is 40.7 Å². The number of aromatic nitrogens is 1. The maximum absolute atomic E-state index is 5.32. The Kier molecular flexibility index (Phi) is 5.59. The second-order valence-corrected chi connectivity index (χ2v) is 4.45. The first-order valence-electron chi connectivity index (χ1n) is 6.32. The Morgan fingerprint density at radius 1 is 1.35 bits per heavy atom. The Morgan fingerprint density at radius 2 is 2.06 bits per heavy atom. The molecule has 0 aliphatic rings. The van der Waals surface area contributed by atoms with Crippen LogP contribution in [0.5, 0.6) is 0 Å². The smallest absolute Gasteiger partial charge is 0.0590 e. The van der Waals surface area contributed by atoms with Crippen LogP contribution in [0.3, 0.4) is 0 Å². The van der Waals surface area contributed by atoms with E-state index in [1.165, 1.54) is 11.1 Å². The van der Waals surface area contributed by atoms with Crippen LogP contribution in [-0.4, -0.2) is 24.7 Å². The van der Waals surface area contributed by atoms with Gasteiger partial charge in [-0.05, 0) is 51.8 Å². The Labute approximate surface area is 105 Å². The van der Waals surface area contributed by atoms with Gasteiger partial charge in [0.15, 0.2) is 0 Å². The number of pyridine rings is 1. The molecule has 0 aliphatic carbocycles. The molecule has 1 aromatic rings. The zero-order valence-electron chi connectivity index (χ0n) is 11.6. The summed E-state index contributed by atoms with van der Waals surface area (Å²) < 4.78 is 5.32. The van der Waals surface area contributed by atoms with Crippen LogP contribution in [0.15, 0.2) is 6.07 Å². The summed E-state index contributed by atoms with van der Waals surface area (Å²) in [5.41, 5.74) is 4.84. The van der Waals surface area contributed by atoms with Crippen molar-refractivity contribution in [1.29, 1.82) is 0 Å². The van der Waals surface area contributed by atoms with Crippen LogP contribution in [0.4, 0.5) is 0 Å². The fourth-order valence-electron chi connectivity index (χ4n) is 2.28. The van der Waals surface area contributed by atoms with E-state index in [2.05, 4.69) is 37.1 Å². The molecule has 0 aromatic carbocycles. The van der Waals surface area contributed by atoms with Gasteiger partial charge in [-0.1, -0.05) is 0 Å². The summed E-state index contributed by atoms with van der Waals surface area (Å²) in [6.45, 7) is 12.9. The van der Waals surface area contributed by atoms with Gasteiger partial charge >= 0.3 is 0 Å². The summed E-state index contributed by atoms with van der Waals surface area (Å²) in [7, 11) is 0. The molecule has 0 saturated carbocycles. The molecule has 1 N–H and O–H groups in total. The highest BCUT2D eigenvalue weighted by Crippen LogP contribution is 2.20. The predicted octanol–water partition coefficient (Wildman–Crippen LogP) is 2.69. The van der Waals surface area contributed by atoms with E-state index in [0.717, 1.165) is 31.1 Å². The van der Waals surface area contributed by atoms with Crippen LogP contribution >= 0.6 is 0 Å². The highest BCUT2D eigenvalue weighted by molar-refractivity contribution is 5.33. The van der Waals surface area contributed by atoms with Crippen molar-refractivity contribution in [3.05, 3.63) is 28.6 Å². The fourth-order valence-corrected chi connectivity index (χ4v) is 2.28. The third-order valence-electron chi connectivity index (χ3n) is 2.92. The minimum absolute atomic E-state index is 0.323. The van der Waals surface area contributed by atoms with Gasteiger partial charge in [0.2, 0.25) is 0 Å². The van der Waals surface area contributed by atoms with Gasteiger partial charge in [0.05, 0.1) is 6.61 Å². The third kappa shape index (κ3) is 4.10. The van der Waals surface area contributed by atoms with E-state index < -0.39 is 0 Å². The van der Waals surface area contributed by atoms with Crippen LogP contribution < -0.4 is 5.32 Å². The Hall–Kier alpha value is -0.930. The number of ether oxygens (including phenoxy) is 1. The highest BCUT2D eigenvalue weighted by Gasteiger charge is 2.12. The van der Waals surface area contributed by atoms with Gasteiger partial charge in [-0.25, -0.2) is 0 Å². The molecular formula is C14H24N2O. The monoisotopic (exact) mass is 236 g/mol. The molecule has 1 atom stereocenters. The molecule has 0 aliphatic heterocycles. The molecule has 1 heterocycles. The number of aryl methyl sites for hydroxylation is 3. The van der Waals surface area contributed by atoms with Crippen molar-refractivity contribution in [2.75, 3.05) is 19.8 Å². The molecular weight excluding hydrogens is 212 g/mol. The minimum Gasteiger partial charge on any atom is -0.380 e. The largest absolute Gasteiger partial charge is 0.380 e. The molecule has 0 bridgehead atoms. The van der Waals surface area contributed by atoms with Crippen molar-refractivity contribution >= 4 is 0 Å². The molecule has 0 radical (unpaired) electrons. The van der Waals surface area contributed by atoms with E-state index in [-0.39, 0.29) is 0 Å². The normalized spacial score (nSPS) is 12.8. The number of nitrogens with one attached hydrogen (secondary N) is 1. The number of nitrogens with zero attached hydrogens (tertiary/aromatic N) is 1. The van der Waals surface area contributed by atoms with Gasteiger partial charge in [-0.15, -0.1) is 0 Å². The molecule has 0 spiro atoms. The number of hydrogen-bond acceptors (Lipinski definition) is 3. The van der Waals surface area contributed by atoms with Crippen LogP contribution in [0, 0.1) is 20.8 Å². The first kappa shape index (κ1) is 14.1. The van der Waals surface area contributed by atoms with Gasteiger partial charge in [0, 0.05) is 30.6 Å². The molecule has 17 heavy (non-hydrogen) atoms. The quantitative estimate of drug-likeness (QED) is 0.771. The molecule has 3 nitrogen and oxygen atoms in total. The van der Waals surface area contributed by atoms with Crippen LogP contribution in [0.1, 0.15) is 42.4 Å². The topological polar surface area (TPSA) is 34.1 Å². The SMILES string of the molecule is CCOCCNC(C)c1c(C)cc(C)nc1C. The van der Waals surface area contributed by atoms with Crippen LogP contribution in [-0.2, 0) is 4.74 Å². The predicted molar refractivity (Wildman–Crippen MR) is 71.4 cm³/mol. The first-order valence-corrected chi connectivity index (χ1v) is 6.32. The molecule has 0 amide bonds. The van der Waals surface area contributed by atoms with E-state index in [9.17, 15) is 0 Å². The maximum Gasteiger partial charge on any atom is 0.0590 e. The van der Waals surface area contributed by atoms with Gasteiger partial charge in [-0.3, -0.25) is 4.98 Å². The maximum atomic E-state index is 5.32. The zero-order chi connectivity index (χ0) is 12.8. The Balaban J connectivity index is 2.65. The van der Waals surface area contributed by atoms with Crippen molar-refractivity contribution in [1.82, 2.24) is 10.3 Å². The summed E-state index contributed by atoms with van der Waals surface area (Å²) in [6, 6.07) is 2.46. The van der Waals surface area contributed by atoms with E-state index in [1.54, 1.807) is 0 Å². The molecule has 1 unspecified atom stereocenters. The first-order chi connectivity index (χ1) is 8.06. The van der Waals surface area contributed by atoms with Crippen molar-refractivity contribution in [3.8, 4) is 0 Å². The van der Waals surface area contributed by atoms with Crippen molar-refractivity contribution < 1.29 is 4.74 Å². The minimum atomic E-state index is 0.323. The van der Waals surface area contributed by atoms with Crippen molar-refractivity contribution in [2.24, 2.45) is 0 Å². The number of rotatable bonds is 6. The second-order valence-electron chi connectivity index (χ2n) is 4.45. The third-order valence-corrected chi connectivity index (χ3v) is 2.92. The van der Waals surface area contributed by atoms with E-state index >= 15 is 0 Å². The summed E-state index contributed by atoms with van der Waals surface area (Å²) in [5.74, 6) is 0. The van der Waals surface area contributed by atoms with Gasteiger partial charge < -0.3 is 10.1 Å². The van der Waals surface area contributed by atoms with Gasteiger partial charge in [-0.2, -0.15) is 0 Å². The standard InChI is InChI=1S/C14H24N2O/c1-6-17-8-7-15-12(4)14-10(2)9-11(3)16-13(14)5/h9,12,15H,6-8H2,1-5H3.